The van der Waals surface area contributed by atoms with E-state index in [1.165, 1.54) is 0 Å². The molecule has 0 bridgehead atoms. The van der Waals surface area contributed by atoms with Gasteiger partial charge in [0.25, 0.3) is 0 Å². The first kappa shape index (κ1) is 10.7. The summed E-state index contributed by atoms with van der Waals surface area (Å²) in [6.45, 7) is 4.21. The molecule has 0 radical (unpaired) electrons. The molecule has 0 amide bonds. The molecule has 0 fully saturated rings. The summed E-state index contributed by atoms with van der Waals surface area (Å²) in [6, 6.07) is 9.58. The summed E-state index contributed by atoms with van der Waals surface area (Å²) in [6.07, 6.45) is 0.829. The lowest BCUT2D eigenvalue weighted by Gasteiger charge is -2.21. The second kappa shape index (κ2) is 4.26. The van der Waals surface area contributed by atoms with Crippen LogP contribution < -0.4 is 0 Å². The SMILES string of the molecule is CC(C)(CO)Cc1ccc(C#N)cc1. The lowest BCUT2D eigenvalue weighted by Crippen LogP contribution is -2.19. The summed E-state index contributed by atoms with van der Waals surface area (Å²) < 4.78 is 0. The van der Waals surface area contributed by atoms with Crippen molar-refractivity contribution in [1.82, 2.24) is 0 Å². The average Bonchev–Trinajstić information content (AvgIpc) is 2.19. The van der Waals surface area contributed by atoms with Crippen LogP contribution in [0, 0.1) is 16.7 Å². The number of benzene rings is 1. The molecule has 1 N–H and O–H groups in total. The number of aliphatic hydroxyl groups is 1. The summed E-state index contributed by atoms with van der Waals surface area (Å²) in [4.78, 5) is 0. The van der Waals surface area contributed by atoms with Gasteiger partial charge in [-0.2, -0.15) is 5.26 Å². The van der Waals surface area contributed by atoms with E-state index in [2.05, 4.69) is 6.07 Å². The second-order valence-corrected chi connectivity index (χ2v) is 4.31. The molecule has 74 valence electrons. The third kappa shape index (κ3) is 2.86. The summed E-state index contributed by atoms with van der Waals surface area (Å²) in [5.41, 5.74) is 1.74. The fourth-order valence-corrected chi connectivity index (χ4v) is 1.31. The van der Waals surface area contributed by atoms with Gasteiger partial charge in [0.1, 0.15) is 0 Å². The van der Waals surface area contributed by atoms with Crippen LogP contribution in [0.4, 0.5) is 0 Å². The smallest absolute Gasteiger partial charge is 0.0991 e. The van der Waals surface area contributed by atoms with Gasteiger partial charge in [-0.1, -0.05) is 26.0 Å². The predicted molar refractivity (Wildman–Crippen MR) is 55.7 cm³/mol. The lowest BCUT2D eigenvalue weighted by molar-refractivity contribution is 0.159. The van der Waals surface area contributed by atoms with Crippen LogP contribution in [0.15, 0.2) is 24.3 Å². The third-order valence-electron chi connectivity index (χ3n) is 2.19. The van der Waals surface area contributed by atoms with Crippen molar-refractivity contribution >= 4 is 0 Å². The van der Waals surface area contributed by atoms with Gasteiger partial charge in [-0.05, 0) is 29.5 Å². The van der Waals surface area contributed by atoms with E-state index < -0.39 is 0 Å². The van der Waals surface area contributed by atoms with Gasteiger partial charge in [0.2, 0.25) is 0 Å². The topological polar surface area (TPSA) is 44.0 Å². The van der Waals surface area contributed by atoms with Gasteiger partial charge < -0.3 is 5.11 Å². The number of nitrogens with zero attached hydrogens (tertiary/aromatic N) is 1. The van der Waals surface area contributed by atoms with E-state index in [4.69, 9.17) is 10.4 Å². The van der Waals surface area contributed by atoms with E-state index in [0.29, 0.717) is 5.56 Å². The van der Waals surface area contributed by atoms with Crippen molar-refractivity contribution in [2.24, 2.45) is 5.41 Å². The van der Waals surface area contributed by atoms with E-state index in [1.807, 2.05) is 38.1 Å². The fraction of sp³-hybridized carbons (Fsp3) is 0.417. The maximum absolute atomic E-state index is 9.10. The Labute approximate surface area is 84.8 Å². The number of hydrogen-bond acceptors (Lipinski definition) is 2. The molecular weight excluding hydrogens is 174 g/mol. The van der Waals surface area contributed by atoms with E-state index >= 15 is 0 Å². The molecule has 1 aromatic carbocycles. The number of rotatable bonds is 3. The third-order valence-corrected chi connectivity index (χ3v) is 2.19. The molecule has 14 heavy (non-hydrogen) atoms. The fourth-order valence-electron chi connectivity index (χ4n) is 1.31. The number of hydrogen-bond donors (Lipinski definition) is 1. The van der Waals surface area contributed by atoms with Crippen LogP contribution >= 0.6 is 0 Å². The van der Waals surface area contributed by atoms with Crippen molar-refractivity contribution in [3.63, 3.8) is 0 Å². The minimum Gasteiger partial charge on any atom is -0.396 e. The van der Waals surface area contributed by atoms with Crippen LogP contribution in [0.1, 0.15) is 25.0 Å². The zero-order valence-corrected chi connectivity index (χ0v) is 8.62. The van der Waals surface area contributed by atoms with Crippen LogP contribution in [-0.4, -0.2) is 11.7 Å². The minimum absolute atomic E-state index is 0.0891. The second-order valence-electron chi connectivity index (χ2n) is 4.31. The van der Waals surface area contributed by atoms with E-state index in [0.717, 1.165) is 12.0 Å². The Morgan fingerprint density at radius 3 is 2.29 bits per heavy atom. The molecule has 0 unspecified atom stereocenters. The molecule has 0 aliphatic carbocycles. The molecule has 0 atom stereocenters. The summed E-state index contributed by atoms with van der Waals surface area (Å²) in [5.74, 6) is 0. The van der Waals surface area contributed by atoms with Crippen LogP contribution in [-0.2, 0) is 6.42 Å². The quantitative estimate of drug-likeness (QED) is 0.791. The van der Waals surface area contributed by atoms with Crippen LogP contribution in [0.3, 0.4) is 0 Å². The molecule has 2 nitrogen and oxygen atoms in total. The maximum atomic E-state index is 9.10. The molecule has 1 aromatic rings. The molecule has 0 aliphatic rings. The van der Waals surface area contributed by atoms with Crippen molar-refractivity contribution in [3.05, 3.63) is 35.4 Å². The van der Waals surface area contributed by atoms with Crippen LogP contribution in [0.5, 0.6) is 0 Å². The number of nitriles is 1. The standard InChI is InChI=1S/C12H15NO/c1-12(2,9-14)7-10-3-5-11(8-13)6-4-10/h3-6,14H,7,9H2,1-2H3. The van der Waals surface area contributed by atoms with Crippen molar-refractivity contribution < 1.29 is 5.11 Å². The molecule has 0 saturated heterocycles. The zero-order valence-electron chi connectivity index (χ0n) is 8.62. The Morgan fingerprint density at radius 2 is 1.86 bits per heavy atom. The molecular formula is C12H15NO. The average molecular weight is 189 g/mol. The van der Waals surface area contributed by atoms with Crippen LogP contribution in [0.25, 0.3) is 0 Å². The molecule has 0 aromatic heterocycles. The molecule has 0 heterocycles. The molecule has 0 spiro atoms. The van der Waals surface area contributed by atoms with Gasteiger partial charge in [-0.25, -0.2) is 0 Å². The van der Waals surface area contributed by atoms with E-state index in [9.17, 15) is 0 Å². The lowest BCUT2D eigenvalue weighted by atomic mass is 9.86. The highest BCUT2D eigenvalue weighted by molar-refractivity contribution is 5.31. The van der Waals surface area contributed by atoms with Gasteiger partial charge in [0.15, 0.2) is 0 Å². The normalized spacial score (nSPS) is 11.0. The Kier molecular flexibility index (Phi) is 3.27. The van der Waals surface area contributed by atoms with E-state index in [1.54, 1.807) is 0 Å². The van der Waals surface area contributed by atoms with Crippen molar-refractivity contribution in [1.29, 1.82) is 5.26 Å². The van der Waals surface area contributed by atoms with Gasteiger partial charge in [0, 0.05) is 6.61 Å². The Hall–Kier alpha value is -1.33. The van der Waals surface area contributed by atoms with Crippen molar-refractivity contribution in [2.75, 3.05) is 6.61 Å². The highest BCUT2D eigenvalue weighted by atomic mass is 16.3. The van der Waals surface area contributed by atoms with Crippen molar-refractivity contribution in [3.8, 4) is 6.07 Å². The minimum atomic E-state index is -0.0891. The molecule has 0 saturated carbocycles. The summed E-state index contributed by atoms with van der Waals surface area (Å²) in [7, 11) is 0. The van der Waals surface area contributed by atoms with Crippen molar-refractivity contribution in [2.45, 2.75) is 20.3 Å². The van der Waals surface area contributed by atoms with Gasteiger partial charge in [-0.15, -0.1) is 0 Å². The van der Waals surface area contributed by atoms with Gasteiger partial charge >= 0.3 is 0 Å². The Balaban J connectivity index is 2.75. The van der Waals surface area contributed by atoms with Crippen LogP contribution in [0.2, 0.25) is 0 Å². The largest absolute Gasteiger partial charge is 0.396 e. The first-order valence-electron chi connectivity index (χ1n) is 4.67. The molecule has 1 rings (SSSR count). The first-order chi connectivity index (χ1) is 6.57. The summed E-state index contributed by atoms with van der Waals surface area (Å²) in [5, 5.41) is 17.7. The van der Waals surface area contributed by atoms with E-state index in [-0.39, 0.29) is 12.0 Å². The first-order valence-corrected chi connectivity index (χ1v) is 4.67. The molecule has 2 heteroatoms. The highest BCUT2D eigenvalue weighted by Gasteiger charge is 2.16. The zero-order chi connectivity index (χ0) is 10.6. The molecule has 0 aliphatic heterocycles. The summed E-state index contributed by atoms with van der Waals surface area (Å²) >= 11 is 0. The number of aliphatic hydroxyl groups excluding tert-OH is 1. The van der Waals surface area contributed by atoms with Gasteiger partial charge in [-0.3, -0.25) is 0 Å². The Morgan fingerprint density at radius 1 is 1.29 bits per heavy atom. The highest BCUT2D eigenvalue weighted by Crippen LogP contribution is 2.20. The maximum Gasteiger partial charge on any atom is 0.0991 e. The van der Waals surface area contributed by atoms with Gasteiger partial charge in [0.05, 0.1) is 11.6 Å². The monoisotopic (exact) mass is 189 g/mol. The predicted octanol–water partition coefficient (Wildman–Crippen LogP) is 2.12. The Bertz CT molecular complexity index is 332.